The molecule has 2 N–H and O–H groups in total. The largest absolute Gasteiger partial charge is 0.370 e. The minimum atomic E-state index is 0.754. The van der Waals surface area contributed by atoms with Crippen molar-refractivity contribution >= 4 is 5.96 Å². The lowest BCUT2D eigenvalue weighted by atomic mass is 10.2. The monoisotopic (exact) mass is 343 g/mol. The van der Waals surface area contributed by atoms with E-state index < -0.39 is 0 Å². The van der Waals surface area contributed by atoms with Crippen molar-refractivity contribution in [3.63, 3.8) is 0 Å². The summed E-state index contributed by atoms with van der Waals surface area (Å²) in [5.41, 5.74) is 7.60. The molecule has 0 atom stereocenters. The molecule has 2 fully saturated rings. The summed E-state index contributed by atoms with van der Waals surface area (Å²) in [6, 6.07) is 10.8. The number of hydrogen-bond acceptors (Lipinski definition) is 3. The van der Waals surface area contributed by atoms with E-state index in [1.807, 2.05) is 0 Å². The summed E-state index contributed by atoms with van der Waals surface area (Å²) in [4.78, 5) is 12.0. The summed E-state index contributed by atoms with van der Waals surface area (Å²) in [7, 11) is 0. The van der Waals surface area contributed by atoms with Gasteiger partial charge in [0.05, 0.1) is 6.54 Å². The van der Waals surface area contributed by atoms with Crippen molar-refractivity contribution in [2.75, 3.05) is 52.4 Å². The highest BCUT2D eigenvalue weighted by atomic mass is 15.3. The maximum Gasteiger partial charge on any atom is 0.191 e. The molecule has 2 heterocycles. The molecule has 0 bridgehead atoms. The number of hydrogen-bond donors (Lipinski definition) is 1. The number of guanidine groups is 1. The van der Waals surface area contributed by atoms with Gasteiger partial charge in [0.15, 0.2) is 5.96 Å². The van der Waals surface area contributed by atoms with Crippen LogP contribution in [-0.2, 0) is 6.54 Å². The molecule has 3 rings (SSSR count). The standard InChI is InChI=1S/C20H33N5/c21-20(25-11-6-1-2-7-12-25)22-10-13-23-14-16-24(17-15-23)18-19-8-4-3-5-9-19/h3-5,8-9H,1-2,6-7,10-18H2,(H2,21,22). The molecule has 0 saturated carbocycles. The van der Waals surface area contributed by atoms with Crippen LogP contribution in [0.1, 0.15) is 31.2 Å². The number of nitrogens with zero attached hydrogens (tertiary/aromatic N) is 4. The third kappa shape index (κ3) is 6.01. The Hall–Kier alpha value is -1.59. The van der Waals surface area contributed by atoms with Gasteiger partial charge in [0.2, 0.25) is 0 Å². The van der Waals surface area contributed by atoms with Crippen LogP contribution in [0.15, 0.2) is 35.3 Å². The highest BCUT2D eigenvalue weighted by molar-refractivity contribution is 5.78. The molecule has 25 heavy (non-hydrogen) atoms. The normalized spacial score (nSPS) is 21.3. The van der Waals surface area contributed by atoms with Gasteiger partial charge in [-0.3, -0.25) is 14.8 Å². The Labute approximate surface area is 152 Å². The quantitative estimate of drug-likeness (QED) is 0.656. The first kappa shape index (κ1) is 18.2. The minimum Gasteiger partial charge on any atom is -0.370 e. The van der Waals surface area contributed by atoms with Crippen LogP contribution in [0.3, 0.4) is 0 Å². The van der Waals surface area contributed by atoms with Crippen LogP contribution in [0.2, 0.25) is 0 Å². The van der Waals surface area contributed by atoms with Crippen molar-refractivity contribution in [1.29, 1.82) is 0 Å². The number of aliphatic imine (C=N–C) groups is 1. The molecule has 0 aromatic heterocycles. The molecule has 1 aromatic rings. The Morgan fingerprint density at radius 1 is 0.840 bits per heavy atom. The van der Waals surface area contributed by atoms with Gasteiger partial charge in [-0.25, -0.2) is 0 Å². The molecule has 2 aliphatic rings. The number of nitrogens with two attached hydrogens (primary N) is 1. The van der Waals surface area contributed by atoms with Gasteiger partial charge < -0.3 is 10.6 Å². The molecule has 0 unspecified atom stereocenters. The Balaban J connectivity index is 1.35. The van der Waals surface area contributed by atoms with E-state index in [9.17, 15) is 0 Å². The van der Waals surface area contributed by atoms with E-state index in [4.69, 9.17) is 5.73 Å². The van der Waals surface area contributed by atoms with Gasteiger partial charge in [0, 0.05) is 52.4 Å². The molecule has 0 aliphatic carbocycles. The van der Waals surface area contributed by atoms with Gasteiger partial charge >= 0.3 is 0 Å². The average molecular weight is 344 g/mol. The SMILES string of the molecule is NC(=NCCN1CCN(Cc2ccccc2)CC1)N1CCCCCC1. The van der Waals surface area contributed by atoms with Crippen LogP contribution < -0.4 is 5.73 Å². The molecule has 138 valence electrons. The highest BCUT2D eigenvalue weighted by Gasteiger charge is 2.16. The van der Waals surface area contributed by atoms with Crippen molar-refractivity contribution in [2.45, 2.75) is 32.2 Å². The fourth-order valence-corrected chi connectivity index (χ4v) is 3.72. The topological polar surface area (TPSA) is 48.1 Å². The first-order chi connectivity index (χ1) is 12.3. The summed E-state index contributed by atoms with van der Waals surface area (Å²) in [5, 5.41) is 0. The second-order valence-electron chi connectivity index (χ2n) is 7.24. The summed E-state index contributed by atoms with van der Waals surface area (Å²) >= 11 is 0. The summed E-state index contributed by atoms with van der Waals surface area (Å²) in [6.07, 6.45) is 5.16. The third-order valence-corrected chi connectivity index (χ3v) is 5.33. The molecule has 1 aromatic carbocycles. The third-order valence-electron chi connectivity index (χ3n) is 5.33. The molecule has 0 radical (unpaired) electrons. The van der Waals surface area contributed by atoms with Crippen molar-refractivity contribution < 1.29 is 0 Å². The van der Waals surface area contributed by atoms with Gasteiger partial charge in [-0.15, -0.1) is 0 Å². The van der Waals surface area contributed by atoms with E-state index in [-0.39, 0.29) is 0 Å². The van der Waals surface area contributed by atoms with E-state index in [2.05, 4.69) is 50.0 Å². The lowest BCUT2D eigenvalue weighted by molar-refractivity contribution is 0.130. The summed E-state index contributed by atoms with van der Waals surface area (Å²) < 4.78 is 0. The predicted octanol–water partition coefficient (Wildman–Crippen LogP) is 1.99. The van der Waals surface area contributed by atoms with Crippen LogP contribution in [0.5, 0.6) is 0 Å². The van der Waals surface area contributed by atoms with Gasteiger partial charge in [0.25, 0.3) is 0 Å². The first-order valence-electron chi connectivity index (χ1n) is 9.85. The van der Waals surface area contributed by atoms with Gasteiger partial charge in [-0.1, -0.05) is 43.2 Å². The van der Waals surface area contributed by atoms with E-state index in [0.717, 1.165) is 64.9 Å². The number of benzene rings is 1. The zero-order chi connectivity index (χ0) is 17.3. The van der Waals surface area contributed by atoms with Crippen molar-refractivity contribution in [3.8, 4) is 0 Å². The first-order valence-corrected chi connectivity index (χ1v) is 9.85. The molecule has 5 nitrogen and oxygen atoms in total. The van der Waals surface area contributed by atoms with Crippen LogP contribution in [0.4, 0.5) is 0 Å². The Kier molecular flexibility index (Phi) is 7.12. The lowest BCUT2D eigenvalue weighted by Gasteiger charge is -2.34. The Morgan fingerprint density at radius 3 is 2.16 bits per heavy atom. The van der Waals surface area contributed by atoms with Crippen LogP contribution >= 0.6 is 0 Å². The second kappa shape index (κ2) is 9.78. The lowest BCUT2D eigenvalue weighted by Crippen LogP contribution is -2.46. The fraction of sp³-hybridized carbons (Fsp3) is 0.650. The number of rotatable bonds is 5. The van der Waals surface area contributed by atoms with E-state index in [0.29, 0.717) is 0 Å². The van der Waals surface area contributed by atoms with Crippen LogP contribution in [0, 0.1) is 0 Å². The average Bonchev–Trinajstić information content (AvgIpc) is 2.93. The fourth-order valence-electron chi connectivity index (χ4n) is 3.72. The molecule has 5 heteroatoms. The molecular formula is C20H33N5. The minimum absolute atomic E-state index is 0.754. The number of piperazine rings is 1. The van der Waals surface area contributed by atoms with E-state index >= 15 is 0 Å². The number of likely N-dealkylation sites (tertiary alicyclic amines) is 1. The zero-order valence-corrected chi connectivity index (χ0v) is 15.4. The van der Waals surface area contributed by atoms with E-state index in [1.165, 1.54) is 31.2 Å². The van der Waals surface area contributed by atoms with Crippen LogP contribution in [0.25, 0.3) is 0 Å². The van der Waals surface area contributed by atoms with E-state index in [1.54, 1.807) is 0 Å². The maximum absolute atomic E-state index is 6.19. The molecule has 0 amide bonds. The Morgan fingerprint density at radius 2 is 1.48 bits per heavy atom. The summed E-state index contributed by atoms with van der Waals surface area (Å²) in [6.45, 7) is 9.60. The van der Waals surface area contributed by atoms with Gasteiger partial charge in [0.1, 0.15) is 0 Å². The maximum atomic E-state index is 6.19. The smallest absolute Gasteiger partial charge is 0.191 e. The zero-order valence-electron chi connectivity index (χ0n) is 15.4. The second-order valence-corrected chi connectivity index (χ2v) is 7.24. The van der Waals surface area contributed by atoms with Crippen molar-refractivity contribution in [3.05, 3.63) is 35.9 Å². The van der Waals surface area contributed by atoms with Crippen molar-refractivity contribution in [2.24, 2.45) is 10.7 Å². The predicted molar refractivity (Wildman–Crippen MR) is 105 cm³/mol. The van der Waals surface area contributed by atoms with Crippen molar-refractivity contribution in [1.82, 2.24) is 14.7 Å². The molecule has 0 spiro atoms. The highest BCUT2D eigenvalue weighted by Crippen LogP contribution is 2.10. The van der Waals surface area contributed by atoms with Gasteiger partial charge in [-0.05, 0) is 18.4 Å². The Bertz CT molecular complexity index is 514. The van der Waals surface area contributed by atoms with Crippen LogP contribution in [-0.4, -0.2) is 73.0 Å². The molecular weight excluding hydrogens is 310 g/mol. The molecule has 2 saturated heterocycles. The molecule has 2 aliphatic heterocycles. The van der Waals surface area contributed by atoms with Gasteiger partial charge in [-0.2, -0.15) is 0 Å². The summed E-state index contributed by atoms with van der Waals surface area (Å²) in [5.74, 6) is 0.754.